The Kier molecular flexibility index (Phi) is 5.51. The molecule has 0 aliphatic carbocycles. The first-order valence-corrected chi connectivity index (χ1v) is 10.4. The summed E-state index contributed by atoms with van der Waals surface area (Å²) >= 11 is 0. The highest BCUT2D eigenvalue weighted by molar-refractivity contribution is 6.03. The fourth-order valence-corrected chi connectivity index (χ4v) is 3.70. The van der Waals surface area contributed by atoms with Crippen LogP contribution < -0.4 is 5.32 Å². The van der Waals surface area contributed by atoms with Crippen molar-refractivity contribution in [1.29, 1.82) is 0 Å². The first-order chi connectivity index (χ1) is 16.8. The van der Waals surface area contributed by atoms with Crippen LogP contribution in [0.5, 0.6) is 0 Å². The number of pyridine rings is 1. The van der Waals surface area contributed by atoms with E-state index in [2.05, 4.69) is 25.3 Å². The predicted octanol–water partition coefficient (Wildman–Crippen LogP) is 5.39. The Labute approximate surface area is 196 Å². The van der Waals surface area contributed by atoms with Gasteiger partial charge in [-0.15, -0.1) is 0 Å². The number of aryl methyl sites for hydroxylation is 2. The molecule has 0 fully saturated rings. The van der Waals surface area contributed by atoms with Crippen LogP contribution >= 0.6 is 0 Å². The number of hydrogen-bond donors (Lipinski definition) is 1. The van der Waals surface area contributed by atoms with Crippen molar-refractivity contribution < 1.29 is 22.4 Å². The number of benzene rings is 1. The van der Waals surface area contributed by atoms with Crippen molar-refractivity contribution in [2.24, 2.45) is 0 Å². The van der Waals surface area contributed by atoms with E-state index in [1.807, 2.05) is 0 Å². The van der Waals surface area contributed by atoms with E-state index in [9.17, 15) is 18.0 Å². The highest BCUT2D eigenvalue weighted by Gasteiger charge is 2.19. The molecule has 4 heterocycles. The second-order valence-corrected chi connectivity index (χ2v) is 7.71. The van der Waals surface area contributed by atoms with Gasteiger partial charge in [-0.05, 0) is 37.3 Å². The lowest BCUT2D eigenvalue weighted by Crippen LogP contribution is -2.12. The number of anilines is 1. The van der Waals surface area contributed by atoms with Crippen LogP contribution in [-0.2, 0) is 0 Å². The fraction of sp³-hybridized carbons (Fsp3) is 0.125. The molecule has 4 aromatic heterocycles. The van der Waals surface area contributed by atoms with Crippen molar-refractivity contribution in [3.8, 4) is 22.5 Å². The molecule has 11 heteroatoms. The molecule has 0 spiro atoms. The van der Waals surface area contributed by atoms with Crippen LogP contribution in [0.3, 0.4) is 0 Å². The lowest BCUT2D eigenvalue weighted by atomic mass is 10.1. The van der Waals surface area contributed by atoms with E-state index in [0.29, 0.717) is 22.8 Å². The molecule has 1 aromatic carbocycles. The van der Waals surface area contributed by atoms with Crippen molar-refractivity contribution in [2.45, 2.75) is 20.3 Å². The first kappa shape index (κ1) is 22.3. The minimum atomic E-state index is -2.70. The summed E-state index contributed by atoms with van der Waals surface area (Å²) in [6.07, 6.45) is 3.16. The maximum absolute atomic E-state index is 14.7. The van der Waals surface area contributed by atoms with Gasteiger partial charge in [0.2, 0.25) is 11.5 Å². The zero-order valence-corrected chi connectivity index (χ0v) is 18.5. The summed E-state index contributed by atoms with van der Waals surface area (Å²) in [6, 6.07) is 6.78. The monoisotopic (exact) mass is 478 g/mol. The maximum Gasteiger partial charge on any atom is 0.293 e. The summed E-state index contributed by atoms with van der Waals surface area (Å²) in [6.45, 7) is 3.28. The number of hydrogen-bond acceptors (Lipinski definition) is 6. The molecule has 0 aliphatic heterocycles. The van der Waals surface area contributed by atoms with Crippen LogP contribution in [0.1, 0.15) is 34.1 Å². The van der Waals surface area contributed by atoms with Crippen LogP contribution in [0.4, 0.5) is 18.9 Å². The number of carbonyl (C=O) groups is 1. The number of imidazole rings is 1. The zero-order valence-electron chi connectivity index (χ0n) is 18.5. The molecule has 176 valence electrons. The SMILES string of the molecule is Cc1nc(C)c(C(=O)Nc2ccc(F)c(-c3cn4cc(-c5ncccc5C(F)F)cnc4n3)c2)o1. The smallest absolute Gasteiger partial charge is 0.293 e. The van der Waals surface area contributed by atoms with Crippen molar-refractivity contribution in [2.75, 3.05) is 5.32 Å². The second-order valence-electron chi connectivity index (χ2n) is 7.71. The largest absolute Gasteiger partial charge is 0.436 e. The lowest BCUT2D eigenvalue weighted by molar-refractivity contribution is 0.0994. The van der Waals surface area contributed by atoms with Gasteiger partial charge in [0.05, 0.1) is 17.1 Å². The van der Waals surface area contributed by atoms with Gasteiger partial charge in [-0.3, -0.25) is 14.2 Å². The summed E-state index contributed by atoms with van der Waals surface area (Å²) < 4.78 is 48.3. The van der Waals surface area contributed by atoms with Gasteiger partial charge in [0.15, 0.2) is 5.89 Å². The summed E-state index contributed by atoms with van der Waals surface area (Å²) in [5.41, 5.74) is 1.35. The highest BCUT2D eigenvalue weighted by Crippen LogP contribution is 2.30. The molecule has 5 aromatic rings. The van der Waals surface area contributed by atoms with Gasteiger partial charge in [0.25, 0.3) is 12.3 Å². The number of halogens is 3. The van der Waals surface area contributed by atoms with Crippen LogP contribution in [0.25, 0.3) is 28.3 Å². The number of alkyl halides is 2. The van der Waals surface area contributed by atoms with Crippen molar-refractivity contribution in [1.82, 2.24) is 24.3 Å². The average Bonchev–Trinajstić information content (AvgIpc) is 3.41. The molecule has 0 saturated carbocycles. The van der Waals surface area contributed by atoms with E-state index in [0.717, 1.165) is 0 Å². The summed E-state index contributed by atoms with van der Waals surface area (Å²) in [5, 5.41) is 2.66. The summed E-state index contributed by atoms with van der Waals surface area (Å²) in [5.74, 6) is -0.430. The molecule has 0 saturated heterocycles. The van der Waals surface area contributed by atoms with E-state index < -0.39 is 18.1 Å². The molecule has 0 radical (unpaired) electrons. The van der Waals surface area contributed by atoms with E-state index in [1.54, 1.807) is 20.0 Å². The minimum absolute atomic E-state index is 0.0653. The Morgan fingerprint density at radius 3 is 2.69 bits per heavy atom. The molecule has 1 amide bonds. The molecule has 0 atom stereocenters. The third-order valence-corrected chi connectivity index (χ3v) is 5.27. The zero-order chi connectivity index (χ0) is 24.7. The van der Waals surface area contributed by atoms with Crippen molar-refractivity contribution >= 4 is 17.4 Å². The number of oxazole rings is 1. The molecule has 0 bridgehead atoms. The highest BCUT2D eigenvalue weighted by atomic mass is 19.3. The molecular formula is C24H17F3N6O2. The molecule has 35 heavy (non-hydrogen) atoms. The molecule has 0 unspecified atom stereocenters. The normalized spacial score (nSPS) is 11.4. The number of amides is 1. The Morgan fingerprint density at radius 1 is 1.11 bits per heavy atom. The Hall–Kier alpha value is -4.54. The predicted molar refractivity (Wildman–Crippen MR) is 120 cm³/mol. The minimum Gasteiger partial charge on any atom is -0.436 e. The van der Waals surface area contributed by atoms with Crippen molar-refractivity contribution in [3.05, 3.63) is 83.8 Å². The van der Waals surface area contributed by atoms with Gasteiger partial charge in [0.1, 0.15) is 5.82 Å². The third-order valence-electron chi connectivity index (χ3n) is 5.27. The lowest BCUT2D eigenvalue weighted by Gasteiger charge is -2.07. The van der Waals surface area contributed by atoms with Gasteiger partial charge in [0, 0.05) is 54.1 Å². The van der Waals surface area contributed by atoms with E-state index >= 15 is 0 Å². The van der Waals surface area contributed by atoms with Gasteiger partial charge >= 0.3 is 0 Å². The second kappa shape index (κ2) is 8.67. The molecule has 0 aliphatic rings. The van der Waals surface area contributed by atoms with Gasteiger partial charge < -0.3 is 9.73 Å². The number of carbonyl (C=O) groups excluding carboxylic acids is 1. The van der Waals surface area contributed by atoms with Crippen molar-refractivity contribution in [3.63, 3.8) is 0 Å². The molecule has 1 N–H and O–H groups in total. The first-order valence-electron chi connectivity index (χ1n) is 10.4. The van der Waals surface area contributed by atoms with Crippen LogP contribution in [-0.4, -0.2) is 30.2 Å². The van der Waals surface area contributed by atoms with E-state index in [4.69, 9.17) is 4.42 Å². The maximum atomic E-state index is 14.7. The van der Waals surface area contributed by atoms with Gasteiger partial charge in [-0.2, -0.15) is 0 Å². The summed E-state index contributed by atoms with van der Waals surface area (Å²) in [7, 11) is 0. The topological polar surface area (TPSA) is 98.2 Å². The van der Waals surface area contributed by atoms with Gasteiger partial charge in [-0.25, -0.2) is 28.1 Å². The fourth-order valence-electron chi connectivity index (χ4n) is 3.70. The molecular weight excluding hydrogens is 461 g/mol. The Balaban J connectivity index is 1.49. The van der Waals surface area contributed by atoms with Gasteiger partial charge in [-0.1, -0.05) is 0 Å². The van der Waals surface area contributed by atoms with Crippen LogP contribution in [0, 0.1) is 19.7 Å². The number of nitrogens with zero attached hydrogens (tertiary/aromatic N) is 5. The van der Waals surface area contributed by atoms with E-state index in [1.165, 1.54) is 53.3 Å². The Bertz CT molecular complexity index is 1580. The number of nitrogens with one attached hydrogen (secondary N) is 1. The summed E-state index contributed by atoms with van der Waals surface area (Å²) in [4.78, 5) is 29.2. The average molecular weight is 478 g/mol. The number of aromatic nitrogens is 5. The number of rotatable bonds is 5. The molecule has 8 nitrogen and oxygen atoms in total. The van der Waals surface area contributed by atoms with Crippen LogP contribution in [0.2, 0.25) is 0 Å². The van der Waals surface area contributed by atoms with Crippen LogP contribution in [0.15, 0.2) is 59.5 Å². The quantitative estimate of drug-likeness (QED) is 0.364. The number of fused-ring (bicyclic) bond motifs is 1. The molecule has 5 rings (SSSR count). The van der Waals surface area contributed by atoms with E-state index in [-0.39, 0.29) is 34.1 Å². The Morgan fingerprint density at radius 2 is 1.94 bits per heavy atom. The standard InChI is InChI=1S/C24H17F3N6O2/c1-12-21(35-13(2)30-12)23(34)31-15-5-6-18(25)17(8-15)19-11-33-10-14(9-29-24(33)32-19)20-16(22(26)27)4-3-7-28-20/h3-11,22H,1-2H3,(H,31,34). The third kappa shape index (κ3) is 4.23.